The summed E-state index contributed by atoms with van der Waals surface area (Å²) in [6, 6.07) is 0. The maximum atomic E-state index is 0. The molecule has 0 aliphatic heterocycles. The predicted octanol–water partition coefficient (Wildman–Crippen LogP) is -8.99. The topological polar surface area (TPSA) is 0 Å². The Labute approximate surface area is 170 Å². The summed E-state index contributed by atoms with van der Waals surface area (Å²) in [5.74, 6) is 0. The monoisotopic (exact) mass is 224 g/mol. The van der Waals surface area contributed by atoms with Crippen LogP contribution in [0.1, 0.15) is 0 Å². The molecule has 0 atom stereocenters. The van der Waals surface area contributed by atoms with Crippen molar-refractivity contribution < 1.29 is 177 Å². The molecule has 0 aliphatic carbocycles. The molecule has 0 spiro atoms. The van der Waals surface area contributed by atoms with Crippen LogP contribution in [0.15, 0.2) is 0 Å². The second-order valence-corrected chi connectivity index (χ2v) is 0. The van der Waals surface area contributed by atoms with E-state index in [2.05, 4.69) is 0 Å². The van der Waals surface area contributed by atoms with E-state index in [9.17, 15) is 0 Å². The zero-order valence-electron chi connectivity index (χ0n) is 3.30. The molecule has 0 saturated carbocycles. The van der Waals surface area contributed by atoms with Gasteiger partial charge in [-0.15, -0.1) is 0 Å². The van der Waals surface area contributed by atoms with Crippen molar-refractivity contribution in [1.29, 1.82) is 0 Å². The molecule has 0 unspecified atom stereocenters. The van der Waals surface area contributed by atoms with E-state index in [0.717, 1.165) is 0 Å². The quantitative estimate of drug-likeness (QED) is 0.359. The zero-order chi connectivity index (χ0) is 0. The average Bonchev–Trinajstić information content (AvgIpc) is 0. The van der Waals surface area contributed by atoms with Crippen molar-refractivity contribution in [2.24, 2.45) is 0 Å². The molecule has 0 aromatic heterocycles. The molecule has 0 bridgehead atoms. The van der Waals surface area contributed by atoms with Crippen LogP contribution < -0.4 is 154 Å². The zero-order valence-corrected chi connectivity index (χ0v) is 14.2. The Hall–Kier alpha value is 5.65. The number of hydrogen-bond donors (Lipinski definition) is 0. The van der Waals surface area contributed by atoms with E-state index in [1.165, 1.54) is 0 Å². The predicted molar refractivity (Wildman–Crippen MR) is 0 cm³/mol. The summed E-state index contributed by atoms with van der Waals surface area (Å²) in [6.45, 7) is 0. The van der Waals surface area contributed by atoms with Crippen molar-refractivity contribution in [2.75, 3.05) is 0 Å². The van der Waals surface area contributed by atoms with E-state index in [4.69, 9.17) is 0 Å². The largest absolute Gasteiger partial charge is 1.00 e. The number of hydrogen-bond acceptors (Lipinski definition) is 0. The molecule has 0 fully saturated rings. The third-order valence-corrected chi connectivity index (χ3v) is 0. The molecule has 0 rings (SSSR count). The summed E-state index contributed by atoms with van der Waals surface area (Å²) in [7, 11) is 0. The third-order valence-electron chi connectivity index (χ3n) is 0. The van der Waals surface area contributed by atoms with Gasteiger partial charge in [0.1, 0.15) is 0 Å². The molecule has 0 saturated heterocycles. The molecule has 0 aromatic carbocycles. The van der Waals surface area contributed by atoms with Gasteiger partial charge < -0.3 is 0 Å². The van der Waals surface area contributed by atoms with Gasteiger partial charge in [-0.1, -0.05) is 0 Å². The molecule has 0 N–H and O–H groups in total. The Kier molecular flexibility index (Phi) is 89.7. The van der Waals surface area contributed by atoms with Crippen LogP contribution in [0.4, 0.5) is 0 Å². The van der Waals surface area contributed by atoms with Crippen LogP contribution in [0.3, 0.4) is 0 Å². The van der Waals surface area contributed by atoms with Gasteiger partial charge in [0.15, 0.2) is 0 Å². The van der Waals surface area contributed by atoms with Crippen LogP contribution >= 0.6 is 0 Å². The minimum Gasteiger partial charge on any atom is 1.00 e. The molecule has 0 heterocycles. The average molecular weight is 225 g/mol. The van der Waals surface area contributed by atoms with Crippen molar-refractivity contribution in [3.63, 3.8) is 0 Å². The Bertz CT molecular complexity index is 3.25. The van der Waals surface area contributed by atoms with Crippen molar-refractivity contribution in [1.82, 2.24) is 0 Å². The van der Waals surface area contributed by atoms with Gasteiger partial charge in [-0.3, -0.25) is 0 Å². The summed E-state index contributed by atoms with van der Waals surface area (Å²) < 4.78 is 0. The van der Waals surface area contributed by atoms with E-state index in [1.54, 1.807) is 0 Å². The molecule has 0 radical (unpaired) electrons. The fourth-order valence-electron chi connectivity index (χ4n) is 0. The van der Waals surface area contributed by atoms with Crippen LogP contribution in [-0.2, 0) is 22.4 Å². The SMILES string of the molecule is [Ag+].[K+].[K+].[K+]. The molecule has 0 nitrogen and oxygen atoms in total. The Morgan fingerprint density at radius 2 is 0.500 bits per heavy atom. The minimum absolute atomic E-state index is 0. The molecular weight excluding hydrogens is 225 g/mol. The standard InChI is InChI=1S/Ag.3K/q4*+1. The number of rotatable bonds is 0. The minimum atomic E-state index is 0. The van der Waals surface area contributed by atoms with Gasteiger partial charge in [0.05, 0.1) is 0 Å². The van der Waals surface area contributed by atoms with Crippen LogP contribution in [0.5, 0.6) is 0 Å². The van der Waals surface area contributed by atoms with Crippen LogP contribution in [0.2, 0.25) is 0 Å². The fourth-order valence-corrected chi connectivity index (χ4v) is 0. The van der Waals surface area contributed by atoms with Crippen LogP contribution in [0.25, 0.3) is 0 Å². The first-order valence-electron chi connectivity index (χ1n) is 0. The van der Waals surface area contributed by atoms with E-state index >= 15 is 0 Å². The molecule has 0 amide bonds. The van der Waals surface area contributed by atoms with E-state index in [0.29, 0.717) is 0 Å². The summed E-state index contributed by atoms with van der Waals surface area (Å²) in [4.78, 5) is 0. The smallest absolute Gasteiger partial charge is 1.00 e. The van der Waals surface area contributed by atoms with Gasteiger partial charge in [-0.2, -0.15) is 0 Å². The first kappa shape index (κ1) is 22.6. The van der Waals surface area contributed by atoms with Crippen LogP contribution in [-0.4, -0.2) is 0 Å². The molecular formula is AgK3+4. The fraction of sp³-hybridized carbons (Fsp3) is 0. The second-order valence-electron chi connectivity index (χ2n) is 0. The van der Waals surface area contributed by atoms with E-state index in [-0.39, 0.29) is 177 Å². The van der Waals surface area contributed by atoms with E-state index in [1.807, 2.05) is 0 Å². The van der Waals surface area contributed by atoms with E-state index < -0.39 is 0 Å². The summed E-state index contributed by atoms with van der Waals surface area (Å²) in [5, 5.41) is 0. The molecule has 0 aliphatic rings. The second kappa shape index (κ2) is 15.9. The summed E-state index contributed by atoms with van der Waals surface area (Å²) in [6.07, 6.45) is 0. The maximum Gasteiger partial charge on any atom is 1.00 e. The molecule has 4 heteroatoms. The van der Waals surface area contributed by atoms with Crippen molar-refractivity contribution in [2.45, 2.75) is 0 Å². The first-order chi connectivity index (χ1) is 0. The molecule has 0 aromatic rings. The summed E-state index contributed by atoms with van der Waals surface area (Å²) in [5.41, 5.74) is 0. The summed E-state index contributed by atoms with van der Waals surface area (Å²) >= 11 is 0. The third kappa shape index (κ3) is 10.6. The van der Waals surface area contributed by atoms with Gasteiger partial charge >= 0.3 is 177 Å². The van der Waals surface area contributed by atoms with Gasteiger partial charge in [-0.05, 0) is 0 Å². The van der Waals surface area contributed by atoms with Gasteiger partial charge in [0.25, 0.3) is 0 Å². The van der Waals surface area contributed by atoms with Crippen molar-refractivity contribution in [3.8, 4) is 0 Å². The Morgan fingerprint density at radius 3 is 0.500 bits per heavy atom. The Balaban J connectivity index is 0. The molecule has 4 heavy (non-hydrogen) atoms. The van der Waals surface area contributed by atoms with Gasteiger partial charge in [0, 0.05) is 0 Å². The first-order valence-corrected chi connectivity index (χ1v) is 0. The molecule has 10 valence electrons. The normalized spacial score (nSPS) is 0. The van der Waals surface area contributed by atoms with Crippen molar-refractivity contribution in [3.05, 3.63) is 0 Å². The van der Waals surface area contributed by atoms with Crippen LogP contribution in [0, 0.1) is 0 Å². The van der Waals surface area contributed by atoms with Crippen molar-refractivity contribution >= 4 is 0 Å². The van der Waals surface area contributed by atoms with Gasteiger partial charge in [0.2, 0.25) is 0 Å². The Morgan fingerprint density at radius 1 is 0.500 bits per heavy atom. The van der Waals surface area contributed by atoms with Gasteiger partial charge in [-0.25, -0.2) is 0 Å². The maximum absolute atomic E-state index is 0.